The second-order valence-electron chi connectivity index (χ2n) is 10.5. The quantitative estimate of drug-likeness (QED) is 0.711. The average Bonchev–Trinajstić information content (AvgIpc) is 2.90. The van der Waals surface area contributed by atoms with Crippen LogP contribution in [-0.4, -0.2) is 38.1 Å². The van der Waals surface area contributed by atoms with Crippen LogP contribution in [-0.2, 0) is 0 Å². The zero-order valence-corrected chi connectivity index (χ0v) is 17.6. The van der Waals surface area contributed by atoms with Crippen LogP contribution in [0.25, 0.3) is 0 Å². The van der Waals surface area contributed by atoms with Crippen LogP contribution in [0.15, 0.2) is 23.8 Å². The van der Waals surface area contributed by atoms with Gasteiger partial charge in [-0.1, -0.05) is 37.6 Å². The summed E-state index contributed by atoms with van der Waals surface area (Å²) in [5.41, 5.74) is 4.31. The summed E-state index contributed by atoms with van der Waals surface area (Å²) in [5, 5.41) is 3.79. The zero-order valence-electron chi connectivity index (χ0n) is 17.6. The molecular formula is C24H40N2. The molecule has 0 aromatic heterocycles. The molecule has 0 amide bonds. The van der Waals surface area contributed by atoms with Crippen LogP contribution in [0.2, 0.25) is 0 Å². The monoisotopic (exact) mass is 356 g/mol. The standard InChI is InChI=1S/C24H40N2/c1-17-6-9-21-20-8-7-18-16-19(25-14-15-26(4)5)10-12-24(18,3)22(20)11-13-23(17,21)2/h16,19-22,25H,1,6-15H2,2-5H3/t19-,20?,21?,22?,23+,24-/m0/s1. The first-order valence-electron chi connectivity index (χ1n) is 11.1. The third kappa shape index (κ3) is 2.92. The largest absolute Gasteiger partial charge is 0.309 e. The molecule has 26 heavy (non-hydrogen) atoms. The van der Waals surface area contributed by atoms with Crippen LogP contribution in [0.3, 0.4) is 0 Å². The predicted octanol–water partition coefficient (Wildman–Crippen LogP) is 5.03. The normalized spacial score (nSPS) is 45.1. The van der Waals surface area contributed by atoms with Crippen molar-refractivity contribution in [2.24, 2.45) is 28.6 Å². The first-order valence-corrected chi connectivity index (χ1v) is 11.1. The van der Waals surface area contributed by atoms with Crippen molar-refractivity contribution in [3.63, 3.8) is 0 Å². The Bertz CT molecular complexity index is 591. The van der Waals surface area contributed by atoms with E-state index in [0.29, 0.717) is 16.9 Å². The molecule has 4 aliphatic rings. The van der Waals surface area contributed by atoms with E-state index in [4.69, 9.17) is 0 Å². The van der Waals surface area contributed by atoms with Gasteiger partial charge in [0, 0.05) is 19.1 Å². The first-order chi connectivity index (χ1) is 12.3. The van der Waals surface area contributed by atoms with Crippen LogP contribution in [0, 0.1) is 28.6 Å². The average molecular weight is 357 g/mol. The van der Waals surface area contributed by atoms with Gasteiger partial charge in [-0.15, -0.1) is 0 Å². The number of nitrogens with one attached hydrogen (secondary N) is 1. The van der Waals surface area contributed by atoms with Crippen molar-refractivity contribution in [3.8, 4) is 0 Å². The van der Waals surface area contributed by atoms with Gasteiger partial charge in [0.25, 0.3) is 0 Å². The molecule has 3 fully saturated rings. The van der Waals surface area contributed by atoms with Gasteiger partial charge in [0.1, 0.15) is 0 Å². The van der Waals surface area contributed by atoms with Gasteiger partial charge in [-0.2, -0.15) is 0 Å². The highest BCUT2D eigenvalue weighted by Gasteiger charge is 2.57. The van der Waals surface area contributed by atoms with E-state index in [9.17, 15) is 0 Å². The lowest BCUT2D eigenvalue weighted by Gasteiger charge is -2.58. The molecule has 146 valence electrons. The molecule has 0 aromatic carbocycles. The molecule has 1 N–H and O–H groups in total. The molecule has 4 rings (SSSR count). The third-order valence-electron chi connectivity index (χ3n) is 9.03. The molecule has 0 radical (unpaired) electrons. The molecule has 6 atom stereocenters. The second kappa shape index (κ2) is 6.78. The Morgan fingerprint density at radius 2 is 1.77 bits per heavy atom. The molecule has 2 heteroatoms. The number of hydrogen-bond donors (Lipinski definition) is 1. The summed E-state index contributed by atoms with van der Waals surface area (Å²) in [7, 11) is 4.32. The van der Waals surface area contributed by atoms with Gasteiger partial charge in [0.2, 0.25) is 0 Å². The van der Waals surface area contributed by atoms with E-state index in [-0.39, 0.29) is 0 Å². The number of rotatable bonds is 4. The maximum Gasteiger partial charge on any atom is 0.0253 e. The van der Waals surface area contributed by atoms with Crippen molar-refractivity contribution in [2.75, 3.05) is 27.2 Å². The maximum atomic E-state index is 4.47. The summed E-state index contributed by atoms with van der Waals surface area (Å²) in [6.07, 6.45) is 13.7. The highest BCUT2D eigenvalue weighted by molar-refractivity contribution is 5.28. The van der Waals surface area contributed by atoms with Gasteiger partial charge in [-0.3, -0.25) is 0 Å². The second-order valence-corrected chi connectivity index (χ2v) is 10.5. The summed E-state index contributed by atoms with van der Waals surface area (Å²) < 4.78 is 0. The molecule has 4 aliphatic carbocycles. The van der Waals surface area contributed by atoms with Crippen molar-refractivity contribution in [1.29, 1.82) is 0 Å². The molecule has 0 heterocycles. The Balaban J connectivity index is 1.49. The molecule has 3 saturated carbocycles. The van der Waals surface area contributed by atoms with Gasteiger partial charge >= 0.3 is 0 Å². The maximum absolute atomic E-state index is 4.47. The minimum atomic E-state index is 0.462. The van der Waals surface area contributed by atoms with Crippen LogP contribution in [0.4, 0.5) is 0 Å². The molecule has 0 aromatic rings. The fourth-order valence-electron chi connectivity index (χ4n) is 7.27. The van der Waals surface area contributed by atoms with E-state index < -0.39 is 0 Å². The molecule has 0 aliphatic heterocycles. The fraction of sp³-hybridized carbons (Fsp3) is 0.833. The topological polar surface area (TPSA) is 15.3 Å². The van der Waals surface area contributed by atoms with Gasteiger partial charge in [0.05, 0.1) is 0 Å². The van der Waals surface area contributed by atoms with Crippen LogP contribution in [0.1, 0.15) is 65.2 Å². The van der Waals surface area contributed by atoms with Gasteiger partial charge < -0.3 is 10.2 Å². The SMILES string of the molecule is C=C1CCC2C3CCC4=C[C@@H](NCCN(C)C)CC[C@]4(C)C3CC[C@]12C. The number of hydrogen-bond acceptors (Lipinski definition) is 2. The van der Waals surface area contributed by atoms with E-state index in [1.807, 2.05) is 0 Å². The Kier molecular flexibility index (Phi) is 4.89. The van der Waals surface area contributed by atoms with Crippen molar-refractivity contribution < 1.29 is 0 Å². The Morgan fingerprint density at radius 3 is 2.54 bits per heavy atom. The zero-order chi connectivity index (χ0) is 18.5. The van der Waals surface area contributed by atoms with Crippen molar-refractivity contribution >= 4 is 0 Å². The van der Waals surface area contributed by atoms with Crippen molar-refractivity contribution in [3.05, 3.63) is 23.8 Å². The molecule has 0 saturated heterocycles. The number of likely N-dealkylation sites (N-methyl/N-ethyl adjacent to an activating group) is 1. The predicted molar refractivity (Wildman–Crippen MR) is 111 cm³/mol. The Morgan fingerprint density at radius 1 is 1.04 bits per heavy atom. The Labute approximate surface area is 161 Å². The number of allylic oxidation sites excluding steroid dienone is 2. The van der Waals surface area contributed by atoms with Crippen LogP contribution < -0.4 is 5.32 Å². The first kappa shape index (κ1) is 18.7. The van der Waals surface area contributed by atoms with E-state index in [2.05, 4.69) is 50.8 Å². The number of nitrogens with zero attached hydrogens (tertiary/aromatic N) is 1. The lowest BCUT2D eigenvalue weighted by Crippen LogP contribution is -2.50. The van der Waals surface area contributed by atoms with Gasteiger partial charge in [-0.25, -0.2) is 0 Å². The van der Waals surface area contributed by atoms with Gasteiger partial charge in [-0.05, 0) is 94.0 Å². The van der Waals surface area contributed by atoms with Crippen LogP contribution in [0.5, 0.6) is 0 Å². The lowest BCUT2D eigenvalue weighted by atomic mass is 9.47. The lowest BCUT2D eigenvalue weighted by molar-refractivity contribution is -0.0266. The minimum absolute atomic E-state index is 0.462. The summed E-state index contributed by atoms with van der Waals surface area (Å²) in [5.74, 6) is 2.80. The fourth-order valence-corrected chi connectivity index (χ4v) is 7.27. The summed E-state index contributed by atoms with van der Waals surface area (Å²) in [6, 6.07) is 0.606. The van der Waals surface area contributed by atoms with E-state index in [1.54, 1.807) is 11.1 Å². The van der Waals surface area contributed by atoms with Gasteiger partial charge in [0.15, 0.2) is 0 Å². The van der Waals surface area contributed by atoms with Crippen molar-refractivity contribution in [2.45, 2.75) is 71.3 Å². The van der Waals surface area contributed by atoms with E-state index >= 15 is 0 Å². The highest BCUT2D eigenvalue weighted by Crippen LogP contribution is 2.66. The molecule has 0 bridgehead atoms. The molecule has 3 unspecified atom stereocenters. The summed E-state index contributed by atoms with van der Waals surface area (Å²) >= 11 is 0. The number of fused-ring (bicyclic) bond motifs is 5. The Hall–Kier alpha value is -0.600. The van der Waals surface area contributed by atoms with Crippen LogP contribution >= 0.6 is 0 Å². The third-order valence-corrected chi connectivity index (χ3v) is 9.03. The van der Waals surface area contributed by atoms with E-state index in [1.165, 1.54) is 51.4 Å². The molecule has 2 nitrogen and oxygen atoms in total. The molecule has 0 spiro atoms. The minimum Gasteiger partial charge on any atom is -0.309 e. The summed E-state index contributed by atoms with van der Waals surface area (Å²) in [6.45, 7) is 11.9. The molecular weight excluding hydrogens is 316 g/mol. The summed E-state index contributed by atoms with van der Waals surface area (Å²) in [4.78, 5) is 2.27. The highest BCUT2D eigenvalue weighted by atomic mass is 15.1. The smallest absolute Gasteiger partial charge is 0.0253 e. The van der Waals surface area contributed by atoms with Crippen molar-refractivity contribution in [1.82, 2.24) is 10.2 Å². The van der Waals surface area contributed by atoms with E-state index in [0.717, 1.165) is 30.8 Å².